The number of furan rings is 1. The number of nitrogens with two attached hydrogens (primary N) is 1. The first kappa shape index (κ1) is 13.6. The van der Waals surface area contributed by atoms with E-state index in [1.165, 1.54) is 0 Å². The third-order valence-corrected chi connectivity index (χ3v) is 3.86. The molecule has 5 heteroatoms. The molecule has 2 rings (SSSR count). The molecule has 1 heterocycles. The van der Waals surface area contributed by atoms with Crippen LogP contribution in [0.2, 0.25) is 0 Å². The molecule has 1 aliphatic rings. The van der Waals surface area contributed by atoms with Gasteiger partial charge in [0, 0.05) is 13.1 Å². The highest BCUT2D eigenvalue weighted by molar-refractivity contribution is 5.84. The molecule has 0 saturated heterocycles. The minimum Gasteiger partial charge on any atom is -0.467 e. The molecule has 19 heavy (non-hydrogen) atoms. The maximum absolute atomic E-state index is 12.6. The molecule has 1 amide bonds. The molecule has 1 aromatic heterocycles. The van der Waals surface area contributed by atoms with Gasteiger partial charge in [-0.15, -0.1) is 0 Å². The van der Waals surface area contributed by atoms with Crippen molar-refractivity contribution in [1.82, 2.24) is 4.90 Å². The average molecular weight is 261 g/mol. The summed E-state index contributed by atoms with van der Waals surface area (Å²) in [5.74, 6) is 0.797. The minimum absolute atomic E-state index is 0.0629. The zero-order chi connectivity index (χ0) is 13.7. The second-order valence-electron chi connectivity index (χ2n) is 5.05. The number of nitrogens with zero attached hydrogens (tertiary/aromatic N) is 2. The topological polar surface area (TPSA) is 83.3 Å². The van der Waals surface area contributed by atoms with Gasteiger partial charge in [0.1, 0.15) is 5.76 Å². The van der Waals surface area contributed by atoms with Gasteiger partial charge in [-0.05, 0) is 25.0 Å². The van der Waals surface area contributed by atoms with Crippen molar-refractivity contribution in [2.24, 2.45) is 11.1 Å². The smallest absolute Gasteiger partial charge is 0.230 e. The second-order valence-corrected chi connectivity index (χ2v) is 5.05. The van der Waals surface area contributed by atoms with E-state index in [1.807, 2.05) is 6.07 Å². The Hall–Kier alpha value is -1.80. The molecule has 0 unspecified atom stereocenters. The Balaban J connectivity index is 2.08. The van der Waals surface area contributed by atoms with E-state index in [4.69, 9.17) is 15.4 Å². The molecule has 0 atom stereocenters. The number of carbonyl (C=O) groups excluding carboxylic acids is 1. The van der Waals surface area contributed by atoms with E-state index < -0.39 is 5.41 Å². The van der Waals surface area contributed by atoms with Gasteiger partial charge in [-0.3, -0.25) is 4.79 Å². The summed E-state index contributed by atoms with van der Waals surface area (Å²) in [5.41, 5.74) is 5.37. The lowest BCUT2D eigenvalue weighted by atomic mass is 9.68. The average Bonchev–Trinajstić information content (AvgIpc) is 2.86. The molecule has 0 bridgehead atoms. The van der Waals surface area contributed by atoms with E-state index in [0.29, 0.717) is 26.1 Å². The van der Waals surface area contributed by atoms with Gasteiger partial charge in [-0.2, -0.15) is 5.26 Å². The summed E-state index contributed by atoms with van der Waals surface area (Å²) in [6, 6.07) is 5.71. The Labute approximate surface area is 113 Å². The number of hydrogen-bond donors (Lipinski definition) is 1. The van der Waals surface area contributed by atoms with Crippen LogP contribution in [0, 0.1) is 16.7 Å². The zero-order valence-corrected chi connectivity index (χ0v) is 11.0. The first-order valence-electron chi connectivity index (χ1n) is 6.60. The van der Waals surface area contributed by atoms with Gasteiger partial charge < -0.3 is 15.1 Å². The van der Waals surface area contributed by atoms with Crippen molar-refractivity contribution in [3.8, 4) is 6.07 Å². The van der Waals surface area contributed by atoms with Crippen molar-refractivity contribution < 1.29 is 9.21 Å². The van der Waals surface area contributed by atoms with E-state index in [0.717, 1.165) is 25.0 Å². The highest BCUT2D eigenvalue weighted by atomic mass is 16.3. The molecular formula is C14H19N3O2. The molecule has 0 radical (unpaired) electrons. The summed E-state index contributed by atoms with van der Waals surface area (Å²) in [5, 5.41) is 8.72. The third-order valence-electron chi connectivity index (χ3n) is 3.86. The maximum Gasteiger partial charge on any atom is 0.230 e. The van der Waals surface area contributed by atoms with Gasteiger partial charge in [-0.1, -0.05) is 6.42 Å². The van der Waals surface area contributed by atoms with Gasteiger partial charge in [-0.25, -0.2) is 0 Å². The van der Waals surface area contributed by atoms with Crippen LogP contribution in [0.25, 0.3) is 0 Å². The lowest BCUT2D eigenvalue weighted by Gasteiger charge is -2.42. The highest BCUT2D eigenvalue weighted by Gasteiger charge is 2.45. The molecule has 5 nitrogen and oxygen atoms in total. The molecular weight excluding hydrogens is 242 g/mol. The summed E-state index contributed by atoms with van der Waals surface area (Å²) in [4.78, 5) is 14.3. The normalized spacial score (nSPS) is 16.4. The third kappa shape index (κ3) is 2.79. The van der Waals surface area contributed by atoms with Gasteiger partial charge >= 0.3 is 0 Å². The van der Waals surface area contributed by atoms with Crippen LogP contribution in [0.15, 0.2) is 22.8 Å². The van der Waals surface area contributed by atoms with Crippen LogP contribution >= 0.6 is 0 Å². The fourth-order valence-corrected chi connectivity index (χ4v) is 2.47. The van der Waals surface area contributed by atoms with Gasteiger partial charge in [0.25, 0.3) is 0 Å². The van der Waals surface area contributed by atoms with Crippen molar-refractivity contribution in [3.05, 3.63) is 24.2 Å². The molecule has 1 fully saturated rings. The van der Waals surface area contributed by atoms with Gasteiger partial charge in [0.05, 0.1) is 30.7 Å². The van der Waals surface area contributed by atoms with Crippen molar-refractivity contribution in [2.75, 3.05) is 13.1 Å². The Bertz CT molecular complexity index is 452. The van der Waals surface area contributed by atoms with Crippen LogP contribution in [-0.2, 0) is 11.3 Å². The van der Waals surface area contributed by atoms with Crippen LogP contribution in [0.4, 0.5) is 0 Å². The number of rotatable bonds is 6. The number of hydrogen-bond acceptors (Lipinski definition) is 4. The lowest BCUT2D eigenvalue weighted by molar-refractivity contribution is -0.147. The van der Waals surface area contributed by atoms with Crippen LogP contribution in [-0.4, -0.2) is 23.9 Å². The van der Waals surface area contributed by atoms with Gasteiger partial charge in [0.15, 0.2) is 0 Å². The minimum atomic E-state index is -0.401. The number of amides is 1. The molecule has 0 spiro atoms. The van der Waals surface area contributed by atoms with Crippen molar-refractivity contribution >= 4 is 5.91 Å². The second kappa shape index (κ2) is 5.89. The fraction of sp³-hybridized carbons (Fsp3) is 0.571. The molecule has 1 saturated carbocycles. The van der Waals surface area contributed by atoms with Crippen LogP contribution in [0.5, 0.6) is 0 Å². The number of carbonyl (C=O) groups is 1. The molecule has 1 aromatic rings. The van der Waals surface area contributed by atoms with Crippen LogP contribution in [0.1, 0.15) is 31.4 Å². The van der Waals surface area contributed by atoms with Crippen molar-refractivity contribution in [3.63, 3.8) is 0 Å². The van der Waals surface area contributed by atoms with Gasteiger partial charge in [0.2, 0.25) is 5.91 Å². The molecule has 0 aliphatic heterocycles. The predicted molar refractivity (Wildman–Crippen MR) is 69.7 cm³/mol. The molecule has 2 N–H and O–H groups in total. The fourth-order valence-electron chi connectivity index (χ4n) is 2.47. The summed E-state index contributed by atoms with van der Waals surface area (Å²) in [6.45, 7) is 1.22. The summed E-state index contributed by atoms with van der Waals surface area (Å²) in [7, 11) is 0. The quantitative estimate of drug-likeness (QED) is 0.844. The molecule has 0 aromatic carbocycles. The summed E-state index contributed by atoms with van der Waals surface area (Å²) in [6.07, 6.45) is 4.67. The van der Waals surface area contributed by atoms with E-state index >= 15 is 0 Å². The van der Waals surface area contributed by atoms with E-state index in [2.05, 4.69) is 6.07 Å². The number of nitriles is 1. The molecule has 1 aliphatic carbocycles. The zero-order valence-electron chi connectivity index (χ0n) is 11.0. The summed E-state index contributed by atoms with van der Waals surface area (Å²) >= 11 is 0. The largest absolute Gasteiger partial charge is 0.467 e. The first-order chi connectivity index (χ1) is 9.22. The van der Waals surface area contributed by atoms with E-state index in [1.54, 1.807) is 17.2 Å². The van der Waals surface area contributed by atoms with Crippen LogP contribution in [0.3, 0.4) is 0 Å². The monoisotopic (exact) mass is 261 g/mol. The Morgan fingerprint density at radius 1 is 1.58 bits per heavy atom. The highest BCUT2D eigenvalue weighted by Crippen LogP contribution is 2.41. The van der Waals surface area contributed by atoms with Crippen molar-refractivity contribution in [1.29, 1.82) is 5.26 Å². The van der Waals surface area contributed by atoms with E-state index in [-0.39, 0.29) is 5.91 Å². The molecule has 102 valence electrons. The predicted octanol–water partition coefficient (Wildman–Crippen LogP) is 1.65. The van der Waals surface area contributed by atoms with Crippen molar-refractivity contribution in [2.45, 2.75) is 32.2 Å². The lowest BCUT2D eigenvalue weighted by Crippen LogP contribution is -2.51. The van der Waals surface area contributed by atoms with Crippen LogP contribution < -0.4 is 5.73 Å². The Morgan fingerprint density at radius 2 is 2.37 bits per heavy atom. The maximum atomic E-state index is 12.6. The van der Waals surface area contributed by atoms with E-state index in [9.17, 15) is 4.79 Å². The Kier molecular flexibility index (Phi) is 4.23. The summed E-state index contributed by atoms with van der Waals surface area (Å²) < 4.78 is 5.28. The SMILES string of the molecule is N#CCCN(Cc1ccco1)C(=O)C1(CN)CCC1. The standard InChI is InChI=1S/C14H19N3O2/c15-7-3-8-17(10-12-4-1-9-19-12)13(18)14(11-16)5-2-6-14/h1,4,9H,2-3,5-6,8,10-11,16H2. The first-order valence-corrected chi connectivity index (χ1v) is 6.60. The Morgan fingerprint density at radius 3 is 2.84 bits per heavy atom.